The van der Waals surface area contributed by atoms with E-state index in [0.717, 1.165) is 11.0 Å². The molecule has 2 rings (SSSR count). The van der Waals surface area contributed by atoms with Crippen LogP contribution in [0, 0.1) is 5.82 Å². The van der Waals surface area contributed by atoms with Crippen molar-refractivity contribution >= 4 is 23.4 Å². The average Bonchev–Trinajstić information content (AvgIpc) is 2.42. The fourth-order valence-electron chi connectivity index (χ4n) is 1.91. The molecule has 21 heavy (non-hydrogen) atoms. The van der Waals surface area contributed by atoms with E-state index in [1.165, 1.54) is 23.4 Å². The lowest BCUT2D eigenvalue weighted by Crippen LogP contribution is -2.14. The minimum absolute atomic E-state index is 0.0551. The highest BCUT2D eigenvalue weighted by Gasteiger charge is 2.13. The number of rotatable bonds is 4. The van der Waals surface area contributed by atoms with Gasteiger partial charge in [-0.3, -0.25) is 4.79 Å². The first-order valence-electron chi connectivity index (χ1n) is 6.55. The number of benzene rings is 2. The largest absolute Gasteiger partial charge is 0.398 e. The predicted molar refractivity (Wildman–Crippen MR) is 84.0 cm³/mol. The average molecular weight is 304 g/mol. The van der Waals surface area contributed by atoms with E-state index in [9.17, 15) is 9.18 Å². The minimum Gasteiger partial charge on any atom is -0.398 e. The summed E-state index contributed by atoms with van der Waals surface area (Å²) in [5, 5.41) is 0. The second-order valence-electron chi connectivity index (χ2n) is 5.06. The standard InChI is InChI=1S/C16H17FN2OS/c1-9(2)10-3-5-11(6-4-10)21-15-7-12(16(19)20)14(18)8-13(15)17/h3-9H,18H2,1-2H3,(H2,19,20). The van der Waals surface area contributed by atoms with Gasteiger partial charge in [0.2, 0.25) is 0 Å². The molecule has 4 N–H and O–H groups in total. The lowest BCUT2D eigenvalue weighted by atomic mass is 10.0. The van der Waals surface area contributed by atoms with Crippen LogP contribution in [0.4, 0.5) is 10.1 Å². The molecule has 110 valence electrons. The Bertz CT molecular complexity index is 669. The van der Waals surface area contributed by atoms with Gasteiger partial charge in [0.15, 0.2) is 0 Å². The molecule has 0 atom stereocenters. The first-order chi connectivity index (χ1) is 9.88. The van der Waals surface area contributed by atoms with Crippen molar-refractivity contribution in [1.29, 1.82) is 0 Å². The van der Waals surface area contributed by atoms with Crippen LogP contribution in [-0.4, -0.2) is 5.91 Å². The van der Waals surface area contributed by atoms with Crippen LogP contribution < -0.4 is 11.5 Å². The van der Waals surface area contributed by atoms with Crippen molar-refractivity contribution in [1.82, 2.24) is 0 Å². The number of anilines is 1. The molecule has 0 fully saturated rings. The van der Waals surface area contributed by atoms with Gasteiger partial charge < -0.3 is 11.5 Å². The Balaban J connectivity index is 2.30. The zero-order chi connectivity index (χ0) is 15.6. The van der Waals surface area contributed by atoms with Crippen LogP contribution in [0.15, 0.2) is 46.2 Å². The maximum atomic E-state index is 13.9. The molecule has 0 unspecified atom stereocenters. The summed E-state index contributed by atoms with van der Waals surface area (Å²) in [6, 6.07) is 10.4. The van der Waals surface area contributed by atoms with Crippen LogP contribution in [0.5, 0.6) is 0 Å². The summed E-state index contributed by atoms with van der Waals surface area (Å²) in [7, 11) is 0. The monoisotopic (exact) mass is 304 g/mol. The van der Waals surface area contributed by atoms with Crippen LogP contribution in [0.2, 0.25) is 0 Å². The number of halogens is 1. The summed E-state index contributed by atoms with van der Waals surface area (Å²) in [4.78, 5) is 12.5. The van der Waals surface area contributed by atoms with E-state index in [4.69, 9.17) is 11.5 Å². The van der Waals surface area contributed by atoms with E-state index in [-0.39, 0.29) is 11.3 Å². The molecule has 0 aliphatic rings. The Morgan fingerprint density at radius 3 is 2.33 bits per heavy atom. The molecular formula is C16H17FN2OS. The van der Waals surface area contributed by atoms with Crippen molar-refractivity contribution in [2.75, 3.05) is 5.73 Å². The number of nitrogen functional groups attached to an aromatic ring is 1. The second-order valence-corrected chi connectivity index (χ2v) is 6.18. The molecule has 2 aromatic carbocycles. The zero-order valence-corrected chi connectivity index (χ0v) is 12.7. The molecule has 2 aromatic rings. The Morgan fingerprint density at radius 2 is 1.81 bits per heavy atom. The summed E-state index contributed by atoms with van der Waals surface area (Å²) in [6.45, 7) is 4.22. The third-order valence-corrected chi connectivity index (χ3v) is 4.18. The zero-order valence-electron chi connectivity index (χ0n) is 11.9. The van der Waals surface area contributed by atoms with Crippen LogP contribution >= 0.6 is 11.8 Å². The third-order valence-electron chi connectivity index (χ3n) is 3.14. The second kappa shape index (κ2) is 6.18. The molecule has 5 heteroatoms. The fraction of sp³-hybridized carbons (Fsp3) is 0.188. The summed E-state index contributed by atoms with van der Waals surface area (Å²) < 4.78 is 13.9. The van der Waals surface area contributed by atoms with Crippen LogP contribution in [-0.2, 0) is 0 Å². The molecule has 0 heterocycles. The van der Waals surface area contributed by atoms with Gasteiger partial charge in [-0.1, -0.05) is 37.7 Å². The van der Waals surface area contributed by atoms with E-state index in [0.29, 0.717) is 10.8 Å². The van der Waals surface area contributed by atoms with Gasteiger partial charge in [-0.2, -0.15) is 0 Å². The number of carbonyl (C=O) groups is 1. The third kappa shape index (κ3) is 3.55. The van der Waals surface area contributed by atoms with Gasteiger partial charge in [0, 0.05) is 15.5 Å². The van der Waals surface area contributed by atoms with Crippen molar-refractivity contribution in [3.05, 3.63) is 53.3 Å². The SMILES string of the molecule is CC(C)c1ccc(Sc2cc(C(N)=O)c(N)cc2F)cc1. The van der Waals surface area contributed by atoms with Crippen molar-refractivity contribution in [3.63, 3.8) is 0 Å². The van der Waals surface area contributed by atoms with Gasteiger partial charge in [-0.25, -0.2) is 4.39 Å². The quantitative estimate of drug-likeness (QED) is 0.845. The van der Waals surface area contributed by atoms with E-state index >= 15 is 0 Å². The van der Waals surface area contributed by atoms with Crippen molar-refractivity contribution in [2.45, 2.75) is 29.6 Å². The van der Waals surface area contributed by atoms with Gasteiger partial charge in [0.1, 0.15) is 5.82 Å². The van der Waals surface area contributed by atoms with Crippen molar-refractivity contribution in [3.8, 4) is 0 Å². The first-order valence-corrected chi connectivity index (χ1v) is 7.36. The molecule has 0 aliphatic heterocycles. The van der Waals surface area contributed by atoms with Crippen LogP contribution in [0.3, 0.4) is 0 Å². The summed E-state index contributed by atoms with van der Waals surface area (Å²) in [5.41, 5.74) is 12.2. The highest BCUT2D eigenvalue weighted by Crippen LogP contribution is 2.33. The van der Waals surface area contributed by atoms with E-state index < -0.39 is 11.7 Å². The number of hydrogen-bond donors (Lipinski definition) is 2. The van der Waals surface area contributed by atoms with Gasteiger partial charge in [0.25, 0.3) is 5.91 Å². The van der Waals surface area contributed by atoms with Gasteiger partial charge >= 0.3 is 0 Å². The maximum Gasteiger partial charge on any atom is 0.250 e. The molecule has 3 nitrogen and oxygen atoms in total. The molecule has 0 saturated heterocycles. The minimum atomic E-state index is -0.662. The molecule has 0 saturated carbocycles. The lowest BCUT2D eigenvalue weighted by molar-refractivity contribution is 0.100. The number of carbonyl (C=O) groups excluding carboxylic acids is 1. The summed E-state index contributed by atoms with van der Waals surface area (Å²) >= 11 is 1.24. The smallest absolute Gasteiger partial charge is 0.250 e. The van der Waals surface area contributed by atoms with Crippen molar-refractivity contribution < 1.29 is 9.18 Å². The molecule has 0 bridgehead atoms. The Morgan fingerprint density at radius 1 is 1.19 bits per heavy atom. The van der Waals surface area contributed by atoms with E-state index in [2.05, 4.69) is 13.8 Å². The van der Waals surface area contributed by atoms with Crippen LogP contribution in [0.1, 0.15) is 35.7 Å². The Labute approximate surface area is 127 Å². The lowest BCUT2D eigenvalue weighted by Gasteiger charge is -2.09. The highest BCUT2D eigenvalue weighted by molar-refractivity contribution is 7.99. The van der Waals surface area contributed by atoms with Crippen molar-refractivity contribution in [2.24, 2.45) is 5.73 Å². The van der Waals surface area contributed by atoms with Gasteiger partial charge in [0.05, 0.1) is 5.56 Å². The van der Waals surface area contributed by atoms with E-state index in [1.807, 2.05) is 24.3 Å². The normalized spacial score (nSPS) is 10.9. The van der Waals surface area contributed by atoms with Gasteiger partial charge in [-0.15, -0.1) is 0 Å². The number of amides is 1. The Kier molecular flexibility index (Phi) is 4.53. The summed E-state index contributed by atoms with van der Waals surface area (Å²) in [6.07, 6.45) is 0. The number of nitrogens with two attached hydrogens (primary N) is 2. The molecule has 0 spiro atoms. The molecule has 0 aliphatic carbocycles. The highest BCUT2D eigenvalue weighted by atomic mass is 32.2. The topological polar surface area (TPSA) is 69.1 Å². The molecule has 1 amide bonds. The molecular weight excluding hydrogens is 287 g/mol. The summed E-state index contributed by atoms with van der Waals surface area (Å²) in [5.74, 6) is -0.682. The van der Waals surface area contributed by atoms with E-state index in [1.54, 1.807) is 0 Å². The molecule has 0 aromatic heterocycles. The van der Waals surface area contributed by atoms with Gasteiger partial charge in [-0.05, 0) is 35.7 Å². The fourth-order valence-corrected chi connectivity index (χ4v) is 2.77. The number of hydrogen-bond acceptors (Lipinski definition) is 3. The Hall–Kier alpha value is -2.01. The van der Waals surface area contributed by atoms with Crippen LogP contribution in [0.25, 0.3) is 0 Å². The number of primary amides is 1. The maximum absolute atomic E-state index is 13.9. The predicted octanol–water partition coefficient (Wildman–Crippen LogP) is 3.78. The molecule has 0 radical (unpaired) electrons. The first kappa shape index (κ1) is 15.4.